The molecule has 0 aliphatic rings. The molecule has 0 amide bonds. The third-order valence-electron chi connectivity index (χ3n) is 1.10. The summed E-state index contributed by atoms with van der Waals surface area (Å²) in [5.41, 5.74) is 0. The van der Waals surface area contributed by atoms with Gasteiger partial charge in [0.1, 0.15) is 0 Å². The predicted octanol–water partition coefficient (Wildman–Crippen LogP) is -2.70. The van der Waals surface area contributed by atoms with E-state index in [4.69, 9.17) is 20.4 Å². The highest BCUT2D eigenvalue weighted by atomic mass is 16.3. The first-order valence-electron chi connectivity index (χ1n) is 3.41. The molecule has 0 fully saturated rings. The molecule has 4 N–H and O–H groups in total. The number of hydrogen-bond donors (Lipinski definition) is 4. The molecule has 1 radical (unpaired) electrons. The van der Waals surface area contributed by atoms with Crippen LogP contribution in [0.15, 0.2) is 0 Å². The Hall–Kier alpha value is -0.200. The van der Waals surface area contributed by atoms with Gasteiger partial charge in [0.25, 0.3) is 0 Å². The average Bonchev–Trinajstić information content (AvgIpc) is 2.04. The fourth-order valence-corrected chi connectivity index (χ4v) is 0.488. The van der Waals surface area contributed by atoms with Crippen LogP contribution in [0.1, 0.15) is 0 Å². The van der Waals surface area contributed by atoms with Gasteiger partial charge >= 0.3 is 0 Å². The van der Waals surface area contributed by atoms with Gasteiger partial charge in [-0.3, -0.25) is 0 Å². The van der Waals surface area contributed by atoms with Gasteiger partial charge in [0.15, 0.2) is 0 Å². The van der Waals surface area contributed by atoms with Gasteiger partial charge in [0.2, 0.25) is 0 Å². The van der Waals surface area contributed by atoms with Crippen molar-refractivity contribution >= 4 is 0 Å². The van der Waals surface area contributed by atoms with Crippen LogP contribution in [-0.4, -0.2) is 58.9 Å². The Morgan fingerprint density at radius 2 is 1.27 bits per heavy atom. The van der Waals surface area contributed by atoms with Gasteiger partial charge < -0.3 is 20.4 Å². The summed E-state index contributed by atoms with van der Waals surface area (Å²) in [6.07, 6.45) is -1.72. The SMILES string of the molecule is OCC(O)C[N]CC(O)CO. The number of aliphatic hydroxyl groups is 4. The third-order valence-corrected chi connectivity index (χ3v) is 1.10. The highest BCUT2D eigenvalue weighted by Crippen LogP contribution is 1.81. The lowest BCUT2D eigenvalue weighted by Crippen LogP contribution is -2.31. The fraction of sp³-hybridized carbons (Fsp3) is 1.00. The molecule has 0 rings (SSSR count). The molecule has 0 saturated heterocycles. The zero-order valence-corrected chi connectivity index (χ0v) is 6.22. The summed E-state index contributed by atoms with van der Waals surface area (Å²) in [5.74, 6) is 0. The van der Waals surface area contributed by atoms with E-state index in [0.717, 1.165) is 0 Å². The fourth-order valence-electron chi connectivity index (χ4n) is 0.488. The maximum Gasteiger partial charge on any atom is 0.0911 e. The standard InChI is InChI=1S/C6H14NO4/c8-3-5(10)1-7-2-6(11)4-9/h5-6,8-11H,1-4H2. The summed E-state index contributed by atoms with van der Waals surface area (Å²) in [6, 6.07) is 0. The maximum absolute atomic E-state index is 8.76. The Bertz CT molecular complexity index is 80.7. The zero-order valence-electron chi connectivity index (χ0n) is 6.22. The van der Waals surface area contributed by atoms with Crippen LogP contribution in [0.3, 0.4) is 0 Å². The molecular formula is C6H14NO4. The summed E-state index contributed by atoms with van der Waals surface area (Å²) in [4.78, 5) is 0. The van der Waals surface area contributed by atoms with Gasteiger partial charge in [-0.1, -0.05) is 0 Å². The van der Waals surface area contributed by atoms with Crippen LogP contribution in [0.5, 0.6) is 0 Å². The minimum Gasteiger partial charge on any atom is -0.394 e. The van der Waals surface area contributed by atoms with Gasteiger partial charge in [-0.15, -0.1) is 0 Å². The molecule has 5 heteroatoms. The summed E-state index contributed by atoms with van der Waals surface area (Å²) in [6.45, 7) is -0.488. The van der Waals surface area contributed by atoms with Crippen molar-refractivity contribution in [2.45, 2.75) is 12.2 Å². The van der Waals surface area contributed by atoms with Crippen molar-refractivity contribution in [3.05, 3.63) is 0 Å². The minimum atomic E-state index is -0.860. The number of aliphatic hydroxyl groups excluding tert-OH is 4. The number of nitrogens with zero attached hydrogens (tertiary/aromatic N) is 1. The highest BCUT2D eigenvalue weighted by molar-refractivity contribution is 4.60. The third kappa shape index (κ3) is 6.21. The average molecular weight is 164 g/mol. The molecule has 0 aliphatic carbocycles. The highest BCUT2D eigenvalue weighted by Gasteiger charge is 2.05. The van der Waals surface area contributed by atoms with Crippen LogP contribution >= 0.6 is 0 Å². The quantitative estimate of drug-likeness (QED) is 0.343. The molecule has 0 saturated carbocycles. The molecule has 2 unspecified atom stereocenters. The maximum atomic E-state index is 8.76. The van der Waals surface area contributed by atoms with E-state index in [1.807, 2.05) is 0 Å². The molecule has 0 bridgehead atoms. The molecule has 0 heterocycles. The van der Waals surface area contributed by atoms with E-state index >= 15 is 0 Å². The molecule has 5 nitrogen and oxygen atoms in total. The van der Waals surface area contributed by atoms with E-state index in [0.29, 0.717) is 0 Å². The lowest BCUT2D eigenvalue weighted by molar-refractivity contribution is 0.0735. The van der Waals surface area contributed by atoms with E-state index in [2.05, 4.69) is 5.32 Å². The number of hydrogen-bond acceptors (Lipinski definition) is 4. The summed E-state index contributed by atoms with van der Waals surface area (Å²) in [7, 11) is 0. The lowest BCUT2D eigenvalue weighted by Gasteiger charge is -2.09. The normalized spacial score (nSPS) is 16.4. The van der Waals surface area contributed by atoms with Gasteiger partial charge in [-0.05, 0) is 0 Å². The molecule has 0 aromatic rings. The van der Waals surface area contributed by atoms with Gasteiger partial charge in [0, 0.05) is 13.1 Å². The van der Waals surface area contributed by atoms with Gasteiger partial charge in [-0.25, -0.2) is 5.32 Å². The second-order valence-electron chi connectivity index (χ2n) is 2.26. The second-order valence-corrected chi connectivity index (χ2v) is 2.26. The van der Waals surface area contributed by atoms with Crippen molar-refractivity contribution in [1.82, 2.24) is 5.32 Å². The van der Waals surface area contributed by atoms with Crippen molar-refractivity contribution < 1.29 is 20.4 Å². The molecule has 0 aromatic carbocycles. The Labute approximate surface area is 65.3 Å². The van der Waals surface area contributed by atoms with Crippen LogP contribution in [0.4, 0.5) is 0 Å². The zero-order chi connectivity index (χ0) is 8.69. The van der Waals surface area contributed by atoms with Crippen molar-refractivity contribution in [2.24, 2.45) is 0 Å². The van der Waals surface area contributed by atoms with E-state index < -0.39 is 12.2 Å². The van der Waals surface area contributed by atoms with Crippen molar-refractivity contribution in [3.8, 4) is 0 Å². The first-order chi connectivity index (χ1) is 5.20. The predicted molar refractivity (Wildman–Crippen MR) is 38.1 cm³/mol. The van der Waals surface area contributed by atoms with Crippen molar-refractivity contribution in [2.75, 3.05) is 26.3 Å². The first-order valence-corrected chi connectivity index (χ1v) is 3.41. The first kappa shape index (κ1) is 10.8. The summed E-state index contributed by atoms with van der Waals surface area (Å²) >= 11 is 0. The van der Waals surface area contributed by atoms with Crippen LogP contribution in [0.2, 0.25) is 0 Å². The van der Waals surface area contributed by atoms with Crippen LogP contribution < -0.4 is 5.32 Å². The van der Waals surface area contributed by atoms with Crippen LogP contribution in [0.25, 0.3) is 0 Å². The van der Waals surface area contributed by atoms with E-state index in [9.17, 15) is 0 Å². The molecule has 67 valence electrons. The van der Waals surface area contributed by atoms with E-state index in [1.54, 1.807) is 0 Å². The number of rotatable bonds is 6. The molecule has 2 atom stereocenters. The van der Waals surface area contributed by atoms with Gasteiger partial charge in [0.05, 0.1) is 25.4 Å². The summed E-state index contributed by atoms with van der Waals surface area (Å²) < 4.78 is 0. The molecule has 0 aliphatic heterocycles. The van der Waals surface area contributed by atoms with E-state index in [-0.39, 0.29) is 26.3 Å². The largest absolute Gasteiger partial charge is 0.394 e. The van der Waals surface area contributed by atoms with Crippen LogP contribution in [-0.2, 0) is 0 Å². The molecule has 11 heavy (non-hydrogen) atoms. The molecule has 0 aromatic heterocycles. The Morgan fingerprint density at radius 3 is 1.55 bits per heavy atom. The van der Waals surface area contributed by atoms with Crippen molar-refractivity contribution in [1.29, 1.82) is 0 Å². The molecule has 0 spiro atoms. The topological polar surface area (TPSA) is 95.0 Å². The monoisotopic (exact) mass is 164 g/mol. The smallest absolute Gasteiger partial charge is 0.0911 e. The van der Waals surface area contributed by atoms with Crippen molar-refractivity contribution in [3.63, 3.8) is 0 Å². The van der Waals surface area contributed by atoms with Gasteiger partial charge in [-0.2, -0.15) is 0 Å². The lowest BCUT2D eigenvalue weighted by atomic mass is 10.3. The Kier molecular flexibility index (Phi) is 6.39. The Morgan fingerprint density at radius 1 is 0.909 bits per heavy atom. The van der Waals surface area contributed by atoms with Crippen LogP contribution in [0, 0.1) is 0 Å². The molecular weight excluding hydrogens is 150 g/mol. The minimum absolute atomic E-state index is 0.0908. The Balaban J connectivity index is 3.13. The summed E-state index contributed by atoms with van der Waals surface area (Å²) in [5, 5.41) is 37.9. The second kappa shape index (κ2) is 6.51. The van der Waals surface area contributed by atoms with E-state index in [1.165, 1.54) is 0 Å².